The summed E-state index contributed by atoms with van der Waals surface area (Å²) in [7, 11) is 0. The Morgan fingerprint density at radius 2 is 2.14 bits per heavy atom. The molecule has 3 aromatic rings. The Kier molecular flexibility index (Phi) is 3.47. The number of carboxylic acid groups (broad SMARTS) is 1. The number of aromatic carboxylic acids is 1. The van der Waals surface area contributed by atoms with Gasteiger partial charge in [0, 0.05) is 33.7 Å². The number of nitrogens with zero attached hydrogens (tertiary/aromatic N) is 3. The monoisotopic (exact) mass is 345 g/mol. The number of carboxylic acids is 1. The van der Waals surface area contributed by atoms with E-state index in [1.54, 1.807) is 16.9 Å². The van der Waals surface area contributed by atoms with E-state index >= 15 is 0 Å². The van der Waals surface area contributed by atoms with Gasteiger partial charge in [-0.1, -0.05) is 6.92 Å². The molecule has 1 N–H and O–H groups in total. The lowest BCUT2D eigenvalue weighted by Crippen LogP contribution is -2.06. The molecule has 0 aromatic carbocycles. The number of fused-ring (bicyclic) bond motifs is 1. The van der Waals surface area contributed by atoms with Crippen LogP contribution in [0.3, 0.4) is 0 Å². The quantitative estimate of drug-likeness (QED) is 0.789. The van der Waals surface area contributed by atoms with Gasteiger partial charge >= 0.3 is 5.97 Å². The summed E-state index contributed by atoms with van der Waals surface area (Å²) < 4.78 is 2.58. The molecule has 0 saturated heterocycles. The van der Waals surface area contributed by atoms with Crippen molar-refractivity contribution in [3.63, 3.8) is 0 Å². The van der Waals surface area contributed by atoms with Crippen LogP contribution in [-0.2, 0) is 6.42 Å². The van der Waals surface area contributed by atoms with E-state index in [4.69, 9.17) is 0 Å². The minimum absolute atomic E-state index is 0.170. The van der Waals surface area contributed by atoms with E-state index in [0.717, 1.165) is 27.7 Å². The maximum Gasteiger partial charge on any atom is 0.338 e. The molecule has 0 saturated carbocycles. The average molecular weight is 346 g/mol. The highest BCUT2D eigenvalue weighted by Gasteiger charge is 2.18. The van der Waals surface area contributed by atoms with Gasteiger partial charge in [0.05, 0.1) is 17.3 Å². The molecule has 0 amide bonds. The van der Waals surface area contributed by atoms with Crippen molar-refractivity contribution in [2.24, 2.45) is 0 Å². The summed E-state index contributed by atoms with van der Waals surface area (Å²) in [6.45, 7) is 2.04. The summed E-state index contributed by atoms with van der Waals surface area (Å²) in [4.78, 5) is 15.6. The van der Waals surface area contributed by atoms with Crippen LogP contribution in [0.25, 0.3) is 16.6 Å². The van der Waals surface area contributed by atoms with Crippen LogP contribution in [0, 0.1) is 0 Å². The molecule has 5 nitrogen and oxygen atoms in total. The average Bonchev–Trinajstić information content (AvgIpc) is 2.89. The fraction of sp³-hybridized carbons (Fsp3) is 0.133. The normalized spacial score (nSPS) is 11.0. The zero-order chi connectivity index (χ0) is 15.0. The second-order valence-corrected chi connectivity index (χ2v) is 5.52. The summed E-state index contributed by atoms with van der Waals surface area (Å²) >= 11 is 3.37. The van der Waals surface area contributed by atoms with E-state index in [0.29, 0.717) is 5.56 Å². The molecule has 0 atom stereocenters. The van der Waals surface area contributed by atoms with E-state index in [-0.39, 0.29) is 5.56 Å². The van der Waals surface area contributed by atoms with Gasteiger partial charge in [-0.25, -0.2) is 9.31 Å². The number of hydrogen-bond acceptors (Lipinski definition) is 3. The largest absolute Gasteiger partial charge is 0.478 e. The van der Waals surface area contributed by atoms with E-state index < -0.39 is 5.97 Å². The third-order valence-corrected chi connectivity index (χ3v) is 3.78. The van der Waals surface area contributed by atoms with Crippen molar-refractivity contribution < 1.29 is 9.90 Å². The van der Waals surface area contributed by atoms with Crippen LogP contribution in [0.4, 0.5) is 0 Å². The van der Waals surface area contributed by atoms with Gasteiger partial charge in [-0.05, 0) is 40.5 Å². The molecule has 21 heavy (non-hydrogen) atoms. The van der Waals surface area contributed by atoms with Crippen molar-refractivity contribution in [2.45, 2.75) is 13.3 Å². The Labute approximate surface area is 129 Å². The lowest BCUT2D eigenvalue weighted by Gasteiger charge is -2.09. The maximum absolute atomic E-state index is 11.5. The van der Waals surface area contributed by atoms with Gasteiger partial charge in [0.15, 0.2) is 0 Å². The maximum atomic E-state index is 11.5. The molecule has 0 fully saturated rings. The fourth-order valence-electron chi connectivity index (χ4n) is 2.40. The Morgan fingerprint density at radius 3 is 2.81 bits per heavy atom. The van der Waals surface area contributed by atoms with Gasteiger partial charge in [0.2, 0.25) is 0 Å². The molecule has 3 heterocycles. The van der Waals surface area contributed by atoms with Crippen LogP contribution in [0.2, 0.25) is 0 Å². The number of carbonyl (C=O) groups is 1. The molecule has 0 spiro atoms. The minimum Gasteiger partial charge on any atom is -0.478 e. The molecular formula is C15H12BrN3O2. The van der Waals surface area contributed by atoms with Crippen LogP contribution in [0.15, 0.2) is 41.3 Å². The number of pyridine rings is 1. The number of halogens is 1. The van der Waals surface area contributed by atoms with Crippen molar-refractivity contribution in [3.8, 4) is 11.1 Å². The van der Waals surface area contributed by atoms with Crippen molar-refractivity contribution >= 4 is 27.4 Å². The fourth-order valence-corrected chi connectivity index (χ4v) is 2.76. The predicted molar refractivity (Wildman–Crippen MR) is 82.5 cm³/mol. The van der Waals surface area contributed by atoms with Gasteiger partial charge in [-0.15, -0.1) is 0 Å². The minimum atomic E-state index is -1.00. The highest BCUT2D eigenvalue weighted by molar-refractivity contribution is 9.10. The van der Waals surface area contributed by atoms with Gasteiger partial charge < -0.3 is 5.11 Å². The second kappa shape index (κ2) is 5.29. The van der Waals surface area contributed by atoms with Gasteiger partial charge in [-0.2, -0.15) is 5.10 Å². The van der Waals surface area contributed by atoms with Gasteiger partial charge in [-0.3, -0.25) is 4.98 Å². The molecule has 0 bridgehead atoms. The molecule has 0 radical (unpaired) electrons. The molecule has 0 aliphatic heterocycles. The number of aryl methyl sites for hydroxylation is 1. The Bertz CT molecular complexity index is 842. The van der Waals surface area contributed by atoms with Crippen LogP contribution < -0.4 is 0 Å². The topological polar surface area (TPSA) is 67.5 Å². The Morgan fingerprint density at radius 1 is 1.33 bits per heavy atom. The summed E-state index contributed by atoms with van der Waals surface area (Å²) in [6.07, 6.45) is 5.54. The highest BCUT2D eigenvalue weighted by Crippen LogP contribution is 2.30. The molecule has 0 aliphatic carbocycles. The second-order valence-electron chi connectivity index (χ2n) is 4.61. The van der Waals surface area contributed by atoms with Crippen molar-refractivity contribution in [1.82, 2.24) is 14.6 Å². The summed E-state index contributed by atoms with van der Waals surface area (Å²) in [5.41, 5.74) is 3.35. The van der Waals surface area contributed by atoms with E-state index in [9.17, 15) is 9.90 Å². The van der Waals surface area contributed by atoms with Crippen LogP contribution in [0.5, 0.6) is 0 Å². The highest BCUT2D eigenvalue weighted by atomic mass is 79.9. The third kappa shape index (κ3) is 2.31. The number of hydrogen-bond donors (Lipinski definition) is 1. The smallest absolute Gasteiger partial charge is 0.338 e. The molecule has 6 heteroatoms. The van der Waals surface area contributed by atoms with Crippen molar-refractivity contribution in [2.75, 3.05) is 0 Å². The zero-order valence-corrected chi connectivity index (χ0v) is 12.8. The summed E-state index contributed by atoms with van der Waals surface area (Å²) in [5.74, 6) is -1.00. The van der Waals surface area contributed by atoms with Crippen LogP contribution in [-0.4, -0.2) is 25.7 Å². The van der Waals surface area contributed by atoms with Gasteiger partial charge in [0.1, 0.15) is 0 Å². The van der Waals surface area contributed by atoms with E-state index in [1.807, 2.05) is 25.1 Å². The first kappa shape index (κ1) is 13.8. The molecular weight excluding hydrogens is 334 g/mol. The molecule has 0 aliphatic rings. The van der Waals surface area contributed by atoms with Crippen LogP contribution >= 0.6 is 15.9 Å². The molecule has 106 valence electrons. The van der Waals surface area contributed by atoms with E-state index in [1.165, 1.54) is 6.20 Å². The predicted octanol–water partition coefficient (Wildman–Crippen LogP) is 3.42. The first-order valence-corrected chi connectivity index (χ1v) is 7.25. The van der Waals surface area contributed by atoms with Crippen molar-refractivity contribution in [3.05, 3.63) is 52.5 Å². The lowest BCUT2D eigenvalue weighted by atomic mass is 10.0. The SMILES string of the molecule is CCc1ccc2c(-c3cncc(Br)c3)c(C(=O)O)cnn12. The summed E-state index contributed by atoms with van der Waals surface area (Å²) in [5, 5.41) is 13.7. The Hall–Kier alpha value is -2.21. The number of rotatable bonds is 3. The van der Waals surface area contributed by atoms with Crippen LogP contribution in [0.1, 0.15) is 23.0 Å². The van der Waals surface area contributed by atoms with E-state index in [2.05, 4.69) is 26.0 Å². The molecule has 3 rings (SSSR count). The van der Waals surface area contributed by atoms with Gasteiger partial charge in [0.25, 0.3) is 0 Å². The zero-order valence-electron chi connectivity index (χ0n) is 11.2. The summed E-state index contributed by atoms with van der Waals surface area (Å²) in [6, 6.07) is 5.71. The standard InChI is InChI=1S/C15H12BrN3O2/c1-2-11-3-4-13-14(9-5-10(16)7-17-6-9)12(15(20)21)8-18-19(11)13/h3-8H,2H2,1H3,(H,20,21). The third-order valence-electron chi connectivity index (χ3n) is 3.35. The molecule has 3 aromatic heterocycles. The molecule has 0 unspecified atom stereocenters. The number of aromatic nitrogens is 3. The first-order valence-electron chi connectivity index (χ1n) is 6.45. The van der Waals surface area contributed by atoms with Crippen molar-refractivity contribution in [1.29, 1.82) is 0 Å². The Balaban J connectivity index is 2.39. The first-order chi connectivity index (χ1) is 10.1. The lowest BCUT2D eigenvalue weighted by molar-refractivity contribution is 0.0697.